The molecule has 0 saturated heterocycles. The second-order valence-electron chi connectivity index (χ2n) is 4.29. The fourth-order valence-corrected chi connectivity index (χ4v) is 2.16. The first-order chi connectivity index (χ1) is 8.33. The molecule has 1 heteroatoms. The Morgan fingerprint density at radius 2 is 2.18 bits per heavy atom. The fraction of sp³-hybridized carbons (Fsp3) is 0.250. The van der Waals surface area contributed by atoms with Gasteiger partial charge in [-0.15, -0.1) is 6.58 Å². The van der Waals surface area contributed by atoms with Crippen molar-refractivity contribution < 1.29 is 5.11 Å². The Kier molecular flexibility index (Phi) is 3.94. The normalized spacial score (nSPS) is 15.7. The van der Waals surface area contributed by atoms with E-state index < -0.39 is 6.10 Å². The van der Waals surface area contributed by atoms with Crippen LogP contribution in [0.2, 0.25) is 0 Å². The fourth-order valence-electron chi connectivity index (χ4n) is 2.16. The number of allylic oxidation sites excluding steroid dienone is 5. The van der Waals surface area contributed by atoms with Gasteiger partial charge in [-0.25, -0.2) is 0 Å². The molecule has 0 saturated carbocycles. The number of rotatable bonds is 5. The highest BCUT2D eigenvalue weighted by molar-refractivity contribution is 5.73. The monoisotopic (exact) mass is 226 g/mol. The van der Waals surface area contributed by atoms with E-state index in [2.05, 4.69) is 30.9 Å². The Balaban J connectivity index is 2.24. The summed E-state index contributed by atoms with van der Waals surface area (Å²) < 4.78 is 0. The van der Waals surface area contributed by atoms with Gasteiger partial charge in [0.25, 0.3) is 0 Å². The van der Waals surface area contributed by atoms with Crippen molar-refractivity contribution in [2.75, 3.05) is 0 Å². The van der Waals surface area contributed by atoms with Gasteiger partial charge in [-0.05, 0) is 36.0 Å². The molecule has 1 atom stereocenters. The zero-order valence-electron chi connectivity index (χ0n) is 9.97. The van der Waals surface area contributed by atoms with Crippen LogP contribution in [0.1, 0.15) is 36.5 Å². The minimum Gasteiger partial charge on any atom is -0.388 e. The molecule has 0 bridgehead atoms. The molecule has 1 aromatic carbocycles. The molecule has 1 aliphatic carbocycles. The third kappa shape index (κ3) is 2.75. The van der Waals surface area contributed by atoms with Gasteiger partial charge in [0, 0.05) is 0 Å². The first-order valence-electron chi connectivity index (χ1n) is 6.07. The highest BCUT2D eigenvalue weighted by Crippen LogP contribution is 2.31. The van der Waals surface area contributed by atoms with Gasteiger partial charge in [0.2, 0.25) is 0 Å². The minimum atomic E-state index is -0.398. The van der Waals surface area contributed by atoms with Crippen LogP contribution in [0.3, 0.4) is 0 Å². The van der Waals surface area contributed by atoms with Gasteiger partial charge in [0.1, 0.15) is 0 Å². The summed E-state index contributed by atoms with van der Waals surface area (Å²) in [6.07, 6.45) is 10.3. The van der Waals surface area contributed by atoms with E-state index in [4.69, 9.17) is 0 Å². The molecule has 17 heavy (non-hydrogen) atoms. The number of benzene rings is 1. The molecule has 0 fully saturated rings. The van der Waals surface area contributed by atoms with Gasteiger partial charge in [-0.1, -0.05) is 48.6 Å². The van der Waals surface area contributed by atoms with Crippen molar-refractivity contribution in [3.63, 3.8) is 0 Å². The summed E-state index contributed by atoms with van der Waals surface area (Å²) >= 11 is 0. The Morgan fingerprint density at radius 3 is 2.88 bits per heavy atom. The molecule has 0 radical (unpaired) electrons. The van der Waals surface area contributed by atoms with E-state index in [-0.39, 0.29) is 0 Å². The second kappa shape index (κ2) is 5.65. The van der Waals surface area contributed by atoms with E-state index in [1.54, 1.807) is 0 Å². The van der Waals surface area contributed by atoms with Crippen molar-refractivity contribution in [2.45, 2.75) is 25.4 Å². The average molecular weight is 226 g/mol. The molecule has 1 nitrogen and oxygen atoms in total. The lowest BCUT2D eigenvalue weighted by Gasteiger charge is -2.15. The van der Waals surface area contributed by atoms with Gasteiger partial charge in [0.05, 0.1) is 6.10 Å². The van der Waals surface area contributed by atoms with E-state index in [9.17, 15) is 5.11 Å². The number of aliphatic hydroxyl groups excluding tert-OH is 1. The Bertz CT molecular complexity index is 454. The van der Waals surface area contributed by atoms with E-state index in [1.165, 1.54) is 11.1 Å². The SMILES string of the molecule is C=CCCC(O)c1ccccc1C1=CC=CC1. The molecule has 0 spiro atoms. The maximum Gasteiger partial charge on any atom is 0.0798 e. The summed E-state index contributed by atoms with van der Waals surface area (Å²) in [5, 5.41) is 10.2. The van der Waals surface area contributed by atoms with Crippen molar-refractivity contribution in [1.29, 1.82) is 0 Å². The molecule has 1 unspecified atom stereocenters. The number of aliphatic hydroxyl groups is 1. The zero-order chi connectivity index (χ0) is 12.1. The van der Waals surface area contributed by atoms with E-state index in [0.717, 1.165) is 24.8 Å². The van der Waals surface area contributed by atoms with Gasteiger partial charge in [0.15, 0.2) is 0 Å². The second-order valence-corrected chi connectivity index (χ2v) is 4.29. The lowest BCUT2D eigenvalue weighted by Crippen LogP contribution is -2.01. The standard InChI is InChI=1S/C16H18O/c1-2-3-12-16(17)15-11-7-6-10-14(15)13-8-4-5-9-13/h2,4-8,10-11,16-17H,1,3,9,12H2. The molecule has 0 amide bonds. The zero-order valence-corrected chi connectivity index (χ0v) is 9.97. The topological polar surface area (TPSA) is 20.2 Å². The van der Waals surface area contributed by atoms with Crippen LogP contribution >= 0.6 is 0 Å². The van der Waals surface area contributed by atoms with Crippen LogP contribution in [0.25, 0.3) is 5.57 Å². The summed E-state index contributed by atoms with van der Waals surface area (Å²) in [4.78, 5) is 0. The maximum atomic E-state index is 10.2. The number of hydrogen-bond acceptors (Lipinski definition) is 1. The van der Waals surface area contributed by atoms with Crippen LogP contribution in [0.5, 0.6) is 0 Å². The van der Waals surface area contributed by atoms with E-state index in [0.29, 0.717) is 0 Å². The summed E-state index contributed by atoms with van der Waals surface area (Å²) in [5.41, 5.74) is 3.50. The molecule has 1 aromatic rings. The third-order valence-corrected chi connectivity index (χ3v) is 3.08. The summed E-state index contributed by atoms with van der Waals surface area (Å²) in [6, 6.07) is 8.12. The van der Waals surface area contributed by atoms with Crippen LogP contribution in [0, 0.1) is 0 Å². The largest absolute Gasteiger partial charge is 0.388 e. The van der Waals surface area contributed by atoms with Gasteiger partial charge < -0.3 is 5.11 Å². The van der Waals surface area contributed by atoms with Crippen molar-refractivity contribution in [3.05, 3.63) is 66.3 Å². The molecular formula is C16H18O. The highest BCUT2D eigenvalue weighted by Gasteiger charge is 2.14. The third-order valence-electron chi connectivity index (χ3n) is 3.08. The Hall–Kier alpha value is -1.60. The van der Waals surface area contributed by atoms with Crippen molar-refractivity contribution in [1.82, 2.24) is 0 Å². The van der Waals surface area contributed by atoms with E-state index >= 15 is 0 Å². The van der Waals surface area contributed by atoms with Crippen LogP contribution in [-0.2, 0) is 0 Å². The molecule has 0 aromatic heterocycles. The molecule has 1 aliphatic rings. The van der Waals surface area contributed by atoms with Gasteiger partial charge in [-0.3, -0.25) is 0 Å². The van der Waals surface area contributed by atoms with Crippen LogP contribution < -0.4 is 0 Å². The lowest BCUT2D eigenvalue weighted by atomic mass is 9.93. The highest BCUT2D eigenvalue weighted by atomic mass is 16.3. The Labute approximate surface area is 103 Å². The molecule has 0 heterocycles. The van der Waals surface area contributed by atoms with Crippen molar-refractivity contribution >= 4 is 5.57 Å². The summed E-state index contributed by atoms with van der Waals surface area (Å²) in [6.45, 7) is 3.69. The first-order valence-corrected chi connectivity index (χ1v) is 6.07. The van der Waals surface area contributed by atoms with Gasteiger partial charge in [-0.2, -0.15) is 0 Å². The smallest absolute Gasteiger partial charge is 0.0798 e. The molecule has 0 aliphatic heterocycles. The quantitative estimate of drug-likeness (QED) is 0.751. The van der Waals surface area contributed by atoms with Gasteiger partial charge >= 0.3 is 0 Å². The molecule has 2 rings (SSSR count). The summed E-state index contributed by atoms with van der Waals surface area (Å²) in [7, 11) is 0. The van der Waals surface area contributed by atoms with Crippen molar-refractivity contribution in [2.24, 2.45) is 0 Å². The molecule has 88 valence electrons. The first kappa shape index (κ1) is 11.9. The lowest BCUT2D eigenvalue weighted by molar-refractivity contribution is 0.168. The van der Waals surface area contributed by atoms with Crippen LogP contribution in [0.4, 0.5) is 0 Å². The maximum absolute atomic E-state index is 10.2. The van der Waals surface area contributed by atoms with Crippen LogP contribution in [-0.4, -0.2) is 5.11 Å². The number of hydrogen-bond donors (Lipinski definition) is 1. The Morgan fingerprint density at radius 1 is 1.35 bits per heavy atom. The van der Waals surface area contributed by atoms with Crippen molar-refractivity contribution in [3.8, 4) is 0 Å². The van der Waals surface area contributed by atoms with Crippen LogP contribution in [0.15, 0.2) is 55.1 Å². The summed E-state index contributed by atoms with van der Waals surface area (Å²) in [5.74, 6) is 0. The average Bonchev–Trinajstić information content (AvgIpc) is 2.89. The molecular weight excluding hydrogens is 208 g/mol. The minimum absolute atomic E-state index is 0.398. The molecule has 1 N–H and O–H groups in total. The van der Waals surface area contributed by atoms with E-state index in [1.807, 2.05) is 24.3 Å². The predicted molar refractivity (Wildman–Crippen MR) is 72.6 cm³/mol. The predicted octanol–water partition coefficient (Wildman–Crippen LogP) is 4.03.